The van der Waals surface area contributed by atoms with Gasteiger partial charge in [0, 0.05) is 31.6 Å². The average Bonchev–Trinajstić information content (AvgIpc) is 2.54. The minimum absolute atomic E-state index is 0.0288. The number of fused-ring (bicyclic) bond motifs is 1. The number of amides is 1. The fraction of sp³-hybridized carbons (Fsp3) is 0.375. The molecule has 0 aliphatic carbocycles. The molecule has 2 heterocycles. The molecule has 21 heavy (non-hydrogen) atoms. The minimum Gasteiger partial charge on any atom is -0.353 e. The lowest BCUT2D eigenvalue weighted by atomic mass is 10.2. The summed E-state index contributed by atoms with van der Waals surface area (Å²) >= 11 is 0. The molecule has 1 fully saturated rings. The number of nitrogens with zero attached hydrogens (tertiary/aromatic N) is 3. The van der Waals surface area contributed by atoms with Gasteiger partial charge in [0.1, 0.15) is 5.82 Å². The molecule has 0 unspecified atom stereocenters. The first-order valence-corrected chi connectivity index (χ1v) is 7.30. The van der Waals surface area contributed by atoms with E-state index in [9.17, 15) is 4.79 Å². The van der Waals surface area contributed by atoms with Crippen molar-refractivity contribution in [1.29, 1.82) is 0 Å². The van der Waals surface area contributed by atoms with Gasteiger partial charge in [-0.3, -0.25) is 4.79 Å². The third kappa shape index (κ3) is 2.83. The molecule has 1 amide bonds. The minimum atomic E-state index is -0.421. The van der Waals surface area contributed by atoms with Crippen LogP contribution >= 0.6 is 0 Å². The van der Waals surface area contributed by atoms with Gasteiger partial charge in [-0.25, -0.2) is 4.98 Å². The smallest absolute Gasteiger partial charge is 0.239 e. The maximum Gasteiger partial charge on any atom is 0.239 e. The maximum absolute atomic E-state index is 11.9. The topological polar surface area (TPSA) is 62.5 Å². The number of hydrogen-bond acceptors (Lipinski definition) is 4. The van der Waals surface area contributed by atoms with E-state index < -0.39 is 6.04 Å². The van der Waals surface area contributed by atoms with Crippen LogP contribution < -0.4 is 10.6 Å². The second-order valence-electron chi connectivity index (χ2n) is 5.46. The summed E-state index contributed by atoms with van der Waals surface area (Å²) in [4.78, 5) is 20.6. The lowest BCUT2D eigenvalue weighted by Crippen LogP contribution is -2.52. The van der Waals surface area contributed by atoms with E-state index in [1.54, 1.807) is 6.92 Å². The van der Waals surface area contributed by atoms with E-state index in [0.29, 0.717) is 13.1 Å². The van der Waals surface area contributed by atoms with Crippen LogP contribution in [0.2, 0.25) is 0 Å². The van der Waals surface area contributed by atoms with Gasteiger partial charge in [-0.05, 0) is 25.1 Å². The monoisotopic (exact) mass is 284 g/mol. The molecule has 1 saturated heterocycles. The zero-order valence-electron chi connectivity index (χ0n) is 12.2. The molecule has 5 heteroatoms. The van der Waals surface area contributed by atoms with E-state index in [1.807, 2.05) is 29.2 Å². The van der Waals surface area contributed by atoms with Crippen LogP contribution in [-0.4, -0.2) is 48.0 Å². The van der Waals surface area contributed by atoms with Crippen LogP contribution in [0.4, 0.5) is 5.82 Å². The third-order valence-corrected chi connectivity index (χ3v) is 3.89. The fourth-order valence-electron chi connectivity index (χ4n) is 2.68. The van der Waals surface area contributed by atoms with Gasteiger partial charge < -0.3 is 15.5 Å². The molecule has 1 aromatic carbocycles. The maximum atomic E-state index is 11.9. The second kappa shape index (κ2) is 5.69. The second-order valence-corrected chi connectivity index (χ2v) is 5.46. The zero-order chi connectivity index (χ0) is 14.8. The molecule has 0 spiro atoms. The Balaban J connectivity index is 1.72. The standard InChI is InChI=1S/C16H20N4O/c1-12(17)16(21)20-10-8-19(9-11-20)15-7-6-13-4-2-3-5-14(13)18-15/h2-7,12H,8-11,17H2,1H3/t12-/m1/s1. The van der Waals surface area contributed by atoms with Crippen molar-refractivity contribution in [2.24, 2.45) is 5.73 Å². The van der Waals surface area contributed by atoms with Crippen molar-refractivity contribution in [2.45, 2.75) is 13.0 Å². The molecule has 3 rings (SSSR count). The predicted octanol–water partition coefficient (Wildman–Crippen LogP) is 1.23. The summed E-state index contributed by atoms with van der Waals surface area (Å²) in [6.45, 7) is 4.73. The highest BCUT2D eigenvalue weighted by atomic mass is 16.2. The van der Waals surface area contributed by atoms with Crippen molar-refractivity contribution < 1.29 is 4.79 Å². The molecule has 0 saturated carbocycles. The van der Waals surface area contributed by atoms with Crippen LogP contribution in [0.5, 0.6) is 0 Å². The number of piperazine rings is 1. The Morgan fingerprint density at radius 1 is 1.14 bits per heavy atom. The molecule has 2 aromatic rings. The Morgan fingerprint density at radius 3 is 2.57 bits per heavy atom. The van der Waals surface area contributed by atoms with Crippen molar-refractivity contribution in [3.63, 3.8) is 0 Å². The summed E-state index contributed by atoms with van der Waals surface area (Å²) in [6, 6.07) is 11.8. The Kier molecular flexibility index (Phi) is 3.75. The Labute approximate surface area is 124 Å². The lowest BCUT2D eigenvalue weighted by molar-refractivity contribution is -0.132. The van der Waals surface area contributed by atoms with Crippen molar-refractivity contribution in [1.82, 2.24) is 9.88 Å². The SMILES string of the molecule is C[C@@H](N)C(=O)N1CCN(c2ccc3ccccc3n2)CC1. The number of para-hydroxylation sites is 1. The normalized spacial score (nSPS) is 17.0. The van der Waals surface area contributed by atoms with Crippen LogP contribution in [0.1, 0.15) is 6.92 Å². The quantitative estimate of drug-likeness (QED) is 0.901. The highest BCUT2D eigenvalue weighted by molar-refractivity contribution is 5.82. The summed E-state index contributed by atoms with van der Waals surface area (Å²) in [5.74, 6) is 1.00. The number of carbonyl (C=O) groups is 1. The van der Waals surface area contributed by atoms with Gasteiger partial charge in [-0.15, -0.1) is 0 Å². The van der Waals surface area contributed by atoms with Crippen molar-refractivity contribution in [3.05, 3.63) is 36.4 Å². The number of benzene rings is 1. The molecule has 1 aliphatic rings. The molecular weight excluding hydrogens is 264 g/mol. The molecule has 0 radical (unpaired) electrons. The van der Waals surface area contributed by atoms with Crippen LogP contribution in [-0.2, 0) is 4.79 Å². The number of hydrogen-bond donors (Lipinski definition) is 1. The molecule has 110 valence electrons. The number of carbonyl (C=O) groups excluding carboxylic acids is 1. The van der Waals surface area contributed by atoms with Crippen LogP contribution in [0, 0.1) is 0 Å². The first-order valence-electron chi connectivity index (χ1n) is 7.30. The molecule has 1 atom stereocenters. The molecule has 0 bridgehead atoms. The van der Waals surface area contributed by atoms with E-state index in [2.05, 4.69) is 17.0 Å². The average molecular weight is 284 g/mol. The summed E-state index contributed by atoms with van der Waals surface area (Å²) in [6.07, 6.45) is 0. The molecule has 1 aliphatic heterocycles. The highest BCUT2D eigenvalue weighted by Crippen LogP contribution is 2.19. The zero-order valence-corrected chi connectivity index (χ0v) is 12.2. The van der Waals surface area contributed by atoms with Gasteiger partial charge in [0.25, 0.3) is 0 Å². The largest absolute Gasteiger partial charge is 0.353 e. The van der Waals surface area contributed by atoms with Crippen molar-refractivity contribution >= 4 is 22.6 Å². The number of pyridine rings is 1. The van der Waals surface area contributed by atoms with Gasteiger partial charge in [-0.1, -0.05) is 18.2 Å². The first kappa shape index (κ1) is 13.8. The van der Waals surface area contributed by atoms with Gasteiger partial charge in [0.15, 0.2) is 0 Å². The lowest BCUT2D eigenvalue weighted by Gasteiger charge is -2.36. The van der Waals surface area contributed by atoms with Crippen molar-refractivity contribution in [3.8, 4) is 0 Å². The molecular formula is C16H20N4O. The van der Waals surface area contributed by atoms with Gasteiger partial charge >= 0.3 is 0 Å². The Bertz CT molecular complexity index is 648. The van der Waals surface area contributed by atoms with Crippen LogP contribution in [0.15, 0.2) is 36.4 Å². The van der Waals surface area contributed by atoms with Crippen LogP contribution in [0.3, 0.4) is 0 Å². The van der Waals surface area contributed by atoms with E-state index in [-0.39, 0.29) is 5.91 Å². The fourth-order valence-corrected chi connectivity index (χ4v) is 2.68. The van der Waals surface area contributed by atoms with E-state index in [1.165, 1.54) is 0 Å². The number of anilines is 1. The highest BCUT2D eigenvalue weighted by Gasteiger charge is 2.23. The number of rotatable bonds is 2. The van der Waals surface area contributed by atoms with Gasteiger partial charge in [0.05, 0.1) is 11.6 Å². The number of nitrogens with two attached hydrogens (primary N) is 1. The van der Waals surface area contributed by atoms with E-state index in [0.717, 1.165) is 29.8 Å². The van der Waals surface area contributed by atoms with Crippen LogP contribution in [0.25, 0.3) is 10.9 Å². The summed E-state index contributed by atoms with van der Waals surface area (Å²) in [5, 5.41) is 1.15. The summed E-state index contributed by atoms with van der Waals surface area (Å²) in [7, 11) is 0. The Hall–Kier alpha value is -2.14. The summed E-state index contributed by atoms with van der Waals surface area (Å²) < 4.78 is 0. The van der Waals surface area contributed by atoms with Gasteiger partial charge in [-0.2, -0.15) is 0 Å². The van der Waals surface area contributed by atoms with E-state index >= 15 is 0 Å². The summed E-state index contributed by atoms with van der Waals surface area (Å²) in [5.41, 5.74) is 6.66. The third-order valence-electron chi connectivity index (χ3n) is 3.89. The Morgan fingerprint density at radius 2 is 1.86 bits per heavy atom. The van der Waals surface area contributed by atoms with Gasteiger partial charge in [0.2, 0.25) is 5.91 Å². The first-order chi connectivity index (χ1) is 10.1. The molecule has 1 aromatic heterocycles. The number of aromatic nitrogens is 1. The van der Waals surface area contributed by atoms with Crippen molar-refractivity contribution in [2.75, 3.05) is 31.1 Å². The molecule has 2 N–H and O–H groups in total. The van der Waals surface area contributed by atoms with E-state index in [4.69, 9.17) is 10.7 Å². The predicted molar refractivity (Wildman–Crippen MR) is 84.2 cm³/mol. The molecule has 5 nitrogen and oxygen atoms in total.